The molecule has 1 heterocycles. The van der Waals surface area contributed by atoms with Gasteiger partial charge in [-0.15, -0.1) is 0 Å². The highest BCUT2D eigenvalue weighted by Crippen LogP contribution is 2.26. The number of hydrogen-bond acceptors (Lipinski definition) is 3. The molecule has 0 aliphatic rings. The fraction of sp³-hybridized carbons (Fsp3) is 0.143. The van der Waals surface area contributed by atoms with Gasteiger partial charge in [0.2, 0.25) is 0 Å². The summed E-state index contributed by atoms with van der Waals surface area (Å²) in [6, 6.07) is 7.65. The van der Waals surface area contributed by atoms with E-state index in [0.717, 1.165) is 0 Å². The summed E-state index contributed by atoms with van der Waals surface area (Å²) in [6.07, 6.45) is 2.94. The number of aryl methyl sites for hydroxylation is 1. The molecule has 0 radical (unpaired) electrons. The molecule has 0 bridgehead atoms. The number of carbonyl (C=O) groups is 1. The Morgan fingerprint density at radius 2 is 1.89 bits per heavy atom. The predicted molar refractivity (Wildman–Crippen MR) is 65.5 cm³/mol. The third-order valence-corrected chi connectivity index (χ3v) is 2.62. The molecule has 1 aromatic carbocycles. The van der Waals surface area contributed by atoms with Crippen LogP contribution in [0.1, 0.15) is 21.5 Å². The van der Waals surface area contributed by atoms with E-state index in [1.165, 1.54) is 30.6 Å². The van der Waals surface area contributed by atoms with Gasteiger partial charge in [0.05, 0.1) is 5.56 Å². The van der Waals surface area contributed by atoms with Crippen molar-refractivity contribution in [3.8, 4) is 5.75 Å². The van der Waals surface area contributed by atoms with Crippen molar-refractivity contribution in [3.05, 3.63) is 59.4 Å². The van der Waals surface area contributed by atoms with Gasteiger partial charge < -0.3 is 4.74 Å². The molecule has 0 saturated carbocycles. The first kappa shape index (κ1) is 13.1. The first-order valence-corrected chi connectivity index (χ1v) is 5.58. The molecular formula is C14H11F2NO2. The zero-order valence-corrected chi connectivity index (χ0v) is 10.1. The summed E-state index contributed by atoms with van der Waals surface area (Å²) < 4.78 is 29.1. The molecule has 0 saturated heterocycles. The van der Waals surface area contributed by atoms with E-state index in [1.807, 2.05) is 0 Å². The Labute approximate surface area is 108 Å². The van der Waals surface area contributed by atoms with Crippen molar-refractivity contribution >= 4 is 5.78 Å². The van der Waals surface area contributed by atoms with E-state index in [4.69, 9.17) is 0 Å². The number of aromatic nitrogens is 1. The molecule has 2 rings (SSSR count). The first-order valence-electron chi connectivity index (χ1n) is 5.58. The minimum atomic E-state index is -2.97. The highest BCUT2D eigenvalue weighted by Gasteiger charge is 2.19. The van der Waals surface area contributed by atoms with Gasteiger partial charge in [0, 0.05) is 18.0 Å². The fourth-order valence-corrected chi connectivity index (χ4v) is 1.77. The molecule has 5 heteroatoms. The molecular weight excluding hydrogens is 252 g/mol. The van der Waals surface area contributed by atoms with Gasteiger partial charge in [-0.05, 0) is 30.7 Å². The normalized spacial score (nSPS) is 10.5. The van der Waals surface area contributed by atoms with Crippen molar-refractivity contribution in [2.75, 3.05) is 0 Å². The molecule has 3 nitrogen and oxygen atoms in total. The van der Waals surface area contributed by atoms with Crippen LogP contribution in [0, 0.1) is 6.92 Å². The zero-order chi connectivity index (χ0) is 13.8. The number of hydrogen-bond donors (Lipinski definition) is 0. The Hall–Kier alpha value is -2.30. The van der Waals surface area contributed by atoms with Crippen LogP contribution in [-0.2, 0) is 0 Å². The Morgan fingerprint density at radius 3 is 2.53 bits per heavy atom. The number of rotatable bonds is 4. The minimum absolute atomic E-state index is 0.114. The van der Waals surface area contributed by atoms with Crippen LogP contribution in [0.15, 0.2) is 42.7 Å². The smallest absolute Gasteiger partial charge is 0.387 e. The summed E-state index contributed by atoms with van der Waals surface area (Å²) in [7, 11) is 0. The average Bonchev–Trinajstić information content (AvgIpc) is 2.38. The van der Waals surface area contributed by atoms with E-state index >= 15 is 0 Å². The standard InChI is InChI=1S/C14H11F2NO2/c1-9-3-2-4-11(19-14(15)16)12(9)13(18)10-5-7-17-8-6-10/h2-8,14H,1H3. The van der Waals surface area contributed by atoms with Crippen LogP contribution in [0.2, 0.25) is 0 Å². The summed E-state index contributed by atoms with van der Waals surface area (Å²) in [5, 5.41) is 0. The molecule has 1 aromatic heterocycles. The van der Waals surface area contributed by atoms with E-state index in [0.29, 0.717) is 11.1 Å². The molecule has 0 N–H and O–H groups in total. The number of nitrogens with zero attached hydrogens (tertiary/aromatic N) is 1. The Bertz CT molecular complexity index is 585. The SMILES string of the molecule is Cc1cccc(OC(F)F)c1C(=O)c1ccncc1. The van der Waals surface area contributed by atoms with Crippen molar-refractivity contribution in [3.63, 3.8) is 0 Å². The van der Waals surface area contributed by atoms with Crippen molar-refractivity contribution in [2.45, 2.75) is 13.5 Å². The molecule has 0 aliphatic carbocycles. The van der Waals surface area contributed by atoms with Crippen LogP contribution in [0.25, 0.3) is 0 Å². The average molecular weight is 263 g/mol. The molecule has 0 amide bonds. The second-order valence-electron chi connectivity index (χ2n) is 3.89. The van der Waals surface area contributed by atoms with Crippen molar-refractivity contribution < 1.29 is 18.3 Å². The van der Waals surface area contributed by atoms with Gasteiger partial charge in [-0.3, -0.25) is 9.78 Å². The highest BCUT2D eigenvalue weighted by molar-refractivity contribution is 6.11. The van der Waals surface area contributed by atoms with Gasteiger partial charge in [0.15, 0.2) is 5.78 Å². The van der Waals surface area contributed by atoms with Crippen molar-refractivity contribution in [1.29, 1.82) is 0 Å². The summed E-state index contributed by atoms with van der Waals surface area (Å²) in [6.45, 7) is -1.29. The van der Waals surface area contributed by atoms with E-state index < -0.39 is 6.61 Å². The molecule has 0 aliphatic heterocycles. The molecule has 0 spiro atoms. The minimum Gasteiger partial charge on any atom is -0.434 e. The van der Waals surface area contributed by atoms with Gasteiger partial charge >= 0.3 is 6.61 Å². The van der Waals surface area contributed by atoms with Crippen molar-refractivity contribution in [1.82, 2.24) is 4.98 Å². The summed E-state index contributed by atoms with van der Waals surface area (Å²) in [5.41, 5.74) is 1.11. The Balaban J connectivity index is 2.46. The van der Waals surface area contributed by atoms with E-state index in [1.54, 1.807) is 19.1 Å². The summed E-state index contributed by atoms with van der Waals surface area (Å²) in [4.78, 5) is 16.1. The number of ketones is 1. The van der Waals surface area contributed by atoms with Crippen LogP contribution in [0.5, 0.6) is 5.75 Å². The van der Waals surface area contributed by atoms with Gasteiger partial charge in [-0.25, -0.2) is 0 Å². The topological polar surface area (TPSA) is 39.2 Å². The quantitative estimate of drug-likeness (QED) is 0.795. The van der Waals surface area contributed by atoms with Crippen LogP contribution in [-0.4, -0.2) is 17.4 Å². The zero-order valence-electron chi connectivity index (χ0n) is 10.1. The largest absolute Gasteiger partial charge is 0.434 e. The van der Waals surface area contributed by atoms with Gasteiger partial charge in [-0.2, -0.15) is 8.78 Å². The lowest BCUT2D eigenvalue weighted by molar-refractivity contribution is -0.0501. The molecule has 2 aromatic rings. The molecule has 0 atom stereocenters. The van der Waals surface area contributed by atoms with E-state index in [-0.39, 0.29) is 17.1 Å². The van der Waals surface area contributed by atoms with Crippen LogP contribution >= 0.6 is 0 Å². The summed E-state index contributed by atoms with van der Waals surface area (Å²) in [5.74, 6) is -0.479. The number of benzene rings is 1. The molecule has 0 fully saturated rings. The number of halogens is 2. The number of alkyl halides is 2. The van der Waals surface area contributed by atoms with Gasteiger partial charge in [-0.1, -0.05) is 12.1 Å². The second-order valence-corrected chi connectivity index (χ2v) is 3.89. The number of pyridine rings is 1. The van der Waals surface area contributed by atoms with E-state index in [9.17, 15) is 13.6 Å². The maximum absolute atomic E-state index is 12.4. The molecule has 0 unspecified atom stereocenters. The lowest BCUT2D eigenvalue weighted by Crippen LogP contribution is -2.10. The number of ether oxygens (including phenoxy) is 1. The third-order valence-electron chi connectivity index (χ3n) is 2.62. The van der Waals surface area contributed by atoms with Crippen LogP contribution in [0.4, 0.5) is 8.78 Å². The maximum Gasteiger partial charge on any atom is 0.387 e. The Morgan fingerprint density at radius 1 is 1.21 bits per heavy atom. The molecule has 98 valence electrons. The van der Waals surface area contributed by atoms with Crippen LogP contribution < -0.4 is 4.74 Å². The fourth-order valence-electron chi connectivity index (χ4n) is 1.77. The Kier molecular flexibility index (Phi) is 3.85. The molecule has 19 heavy (non-hydrogen) atoms. The lowest BCUT2D eigenvalue weighted by atomic mass is 9.99. The monoisotopic (exact) mass is 263 g/mol. The lowest BCUT2D eigenvalue weighted by Gasteiger charge is -2.12. The van der Waals surface area contributed by atoms with E-state index in [2.05, 4.69) is 9.72 Å². The maximum atomic E-state index is 12.4. The van der Waals surface area contributed by atoms with Crippen LogP contribution in [0.3, 0.4) is 0 Å². The number of carbonyl (C=O) groups excluding carboxylic acids is 1. The highest BCUT2D eigenvalue weighted by atomic mass is 19.3. The third kappa shape index (κ3) is 2.93. The van der Waals surface area contributed by atoms with Crippen molar-refractivity contribution in [2.24, 2.45) is 0 Å². The van der Waals surface area contributed by atoms with Gasteiger partial charge in [0.1, 0.15) is 5.75 Å². The predicted octanol–water partition coefficient (Wildman–Crippen LogP) is 3.22. The first-order chi connectivity index (χ1) is 9.09. The summed E-state index contributed by atoms with van der Waals surface area (Å²) >= 11 is 0. The van der Waals surface area contributed by atoms with Gasteiger partial charge in [0.25, 0.3) is 0 Å². The second kappa shape index (κ2) is 5.56.